The minimum Gasteiger partial charge on any atom is -0.480 e. The zero-order valence-corrected chi connectivity index (χ0v) is 6.05. The van der Waals surface area contributed by atoms with Crippen LogP contribution in [0.3, 0.4) is 0 Å². The van der Waals surface area contributed by atoms with E-state index in [4.69, 9.17) is 5.11 Å². The van der Waals surface area contributed by atoms with E-state index < -0.39 is 12.0 Å². The Morgan fingerprint density at radius 3 is 2.00 bits per heavy atom. The number of rotatable bonds is 2. The number of nitrogens with one attached hydrogen (secondary N) is 1. The normalized spacial score (nSPS) is 11.0. The van der Waals surface area contributed by atoms with Gasteiger partial charge in [-0.2, -0.15) is 0 Å². The molecule has 0 fully saturated rings. The van der Waals surface area contributed by atoms with Gasteiger partial charge in [-0.1, -0.05) is 0 Å². The van der Waals surface area contributed by atoms with E-state index in [1.165, 1.54) is 13.8 Å². The highest BCUT2D eigenvalue weighted by molar-refractivity contribution is 5.81. The molecule has 0 rings (SSSR count). The quantitative estimate of drug-likeness (QED) is 0.502. The fourth-order valence-electron chi connectivity index (χ4n) is 0.367. The summed E-state index contributed by atoms with van der Waals surface area (Å²) in [6, 6.07) is -0.789. The lowest BCUT2D eigenvalue weighted by atomic mass is 10.3. The summed E-state index contributed by atoms with van der Waals surface area (Å²) in [7, 11) is 0. The van der Waals surface area contributed by atoms with Crippen LogP contribution >= 0.6 is 0 Å². The van der Waals surface area contributed by atoms with Gasteiger partial charge in [0, 0.05) is 6.92 Å². The van der Waals surface area contributed by atoms with E-state index >= 15 is 0 Å². The highest BCUT2D eigenvalue weighted by Gasteiger charge is 2.09. The molecule has 5 heteroatoms. The number of aliphatic carboxylic acids is 1. The molecule has 0 aliphatic carbocycles. The van der Waals surface area contributed by atoms with Crippen LogP contribution in [-0.2, 0) is 9.59 Å². The summed E-state index contributed by atoms with van der Waals surface area (Å²) >= 11 is 0. The topological polar surface area (TPSA) is 101 Å². The smallest absolute Gasteiger partial charge is 0.325 e. The summed E-state index contributed by atoms with van der Waals surface area (Å²) < 4.78 is 0. The Labute approximate surface area is 59.0 Å². The average Bonchev–Trinajstić information content (AvgIpc) is 1.63. The molecule has 10 heavy (non-hydrogen) atoms. The van der Waals surface area contributed by atoms with Gasteiger partial charge < -0.3 is 16.6 Å². The van der Waals surface area contributed by atoms with E-state index in [1.807, 2.05) is 0 Å². The van der Waals surface area contributed by atoms with E-state index in [1.54, 1.807) is 0 Å². The molecule has 1 unspecified atom stereocenters. The number of carboxylic acid groups (broad SMARTS) is 1. The third-order valence-corrected chi connectivity index (χ3v) is 0.790. The van der Waals surface area contributed by atoms with E-state index in [9.17, 15) is 9.59 Å². The molecule has 60 valence electrons. The Kier molecular flexibility index (Phi) is 5.54. The first kappa shape index (κ1) is 11.7. The molecule has 0 radical (unpaired) electrons. The van der Waals surface area contributed by atoms with Crippen molar-refractivity contribution in [2.24, 2.45) is 0 Å². The van der Waals surface area contributed by atoms with Crippen molar-refractivity contribution in [1.29, 1.82) is 0 Å². The van der Waals surface area contributed by atoms with Crippen LogP contribution in [0.2, 0.25) is 0 Å². The molecular weight excluding hydrogens is 136 g/mol. The Morgan fingerprint density at radius 1 is 1.50 bits per heavy atom. The minimum absolute atomic E-state index is 0. The van der Waals surface area contributed by atoms with E-state index in [-0.39, 0.29) is 12.1 Å². The lowest BCUT2D eigenvalue weighted by Crippen LogP contribution is -2.36. The van der Waals surface area contributed by atoms with Gasteiger partial charge in [0.15, 0.2) is 0 Å². The molecule has 0 spiro atoms. The predicted molar refractivity (Wildman–Crippen MR) is 35.9 cm³/mol. The monoisotopic (exact) mass is 148 g/mol. The van der Waals surface area contributed by atoms with Crippen molar-refractivity contribution >= 4 is 11.9 Å². The predicted octanol–water partition coefficient (Wildman–Crippen LogP) is -0.242. The average molecular weight is 148 g/mol. The molecule has 1 atom stereocenters. The van der Waals surface area contributed by atoms with Gasteiger partial charge in [-0.3, -0.25) is 9.59 Å². The molecule has 0 aromatic carbocycles. The van der Waals surface area contributed by atoms with E-state index in [0.29, 0.717) is 0 Å². The van der Waals surface area contributed by atoms with E-state index in [0.717, 1.165) is 0 Å². The second kappa shape index (κ2) is 4.75. The first-order valence-corrected chi connectivity index (χ1v) is 2.54. The number of hydrogen-bond acceptors (Lipinski definition) is 3. The molecule has 0 aliphatic rings. The Balaban J connectivity index is 0. The van der Waals surface area contributed by atoms with Crippen LogP contribution in [0.25, 0.3) is 0 Å². The summed E-state index contributed by atoms with van der Waals surface area (Å²) in [4.78, 5) is 20.2. The Bertz CT molecular complexity index is 135. The van der Waals surface area contributed by atoms with Crippen molar-refractivity contribution in [1.82, 2.24) is 11.5 Å². The first-order chi connectivity index (χ1) is 4.04. The molecule has 5 nitrogen and oxygen atoms in total. The molecular formula is C5H12N2O3. The lowest BCUT2D eigenvalue weighted by Gasteiger charge is -2.04. The third-order valence-electron chi connectivity index (χ3n) is 0.790. The molecule has 0 aliphatic heterocycles. The van der Waals surface area contributed by atoms with Gasteiger partial charge in [-0.25, -0.2) is 0 Å². The molecule has 1 amide bonds. The number of carbonyl (C=O) groups is 2. The van der Waals surface area contributed by atoms with Gasteiger partial charge in [0.05, 0.1) is 0 Å². The molecule has 0 aromatic rings. The Hall–Kier alpha value is -1.10. The van der Waals surface area contributed by atoms with Crippen LogP contribution in [0.15, 0.2) is 0 Å². The van der Waals surface area contributed by atoms with Crippen LogP contribution < -0.4 is 11.5 Å². The second-order valence-electron chi connectivity index (χ2n) is 1.76. The molecule has 0 saturated heterocycles. The summed E-state index contributed by atoms with van der Waals surface area (Å²) in [5, 5.41) is 10.4. The SMILES string of the molecule is CC(=O)NC(C)C(=O)O.N. The summed E-state index contributed by atoms with van der Waals surface area (Å²) in [6.07, 6.45) is 0. The van der Waals surface area contributed by atoms with Gasteiger partial charge >= 0.3 is 5.97 Å². The maximum atomic E-state index is 10.2. The number of carboxylic acids is 1. The van der Waals surface area contributed by atoms with Gasteiger partial charge in [0.25, 0.3) is 0 Å². The van der Waals surface area contributed by atoms with Gasteiger partial charge in [0.2, 0.25) is 5.91 Å². The van der Waals surface area contributed by atoms with Crippen molar-refractivity contribution < 1.29 is 14.7 Å². The molecule has 0 bridgehead atoms. The van der Waals surface area contributed by atoms with Crippen molar-refractivity contribution in [3.63, 3.8) is 0 Å². The summed E-state index contributed by atoms with van der Waals surface area (Å²) in [6.45, 7) is 2.68. The largest absolute Gasteiger partial charge is 0.480 e. The molecule has 0 heterocycles. The van der Waals surface area contributed by atoms with Crippen molar-refractivity contribution in [2.45, 2.75) is 19.9 Å². The van der Waals surface area contributed by atoms with Gasteiger partial charge in [0.1, 0.15) is 6.04 Å². The minimum atomic E-state index is -1.02. The van der Waals surface area contributed by atoms with Crippen molar-refractivity contribution in [3.05, 3.63) is 0 Å². The Morgan fingerprint density at radius 2 is 1.90 bits per heavy atom. The highest BCUT2D eigenvalue weighted by Crippen LogP contribution is 1.78. The molecule has 0 saturated carbocycles. The zero-order chi connectivity index (χ0) is 7.44. The fourth-order valence-corrected chi connectivity index (χ4v) is 0.367. The molecule has 5 N–H and O–H groups in total. The van der Waals surface area contributed by atoms with Crippen LogP contribution in [-0.4, -0.2) is 23.0 Å². The number of hydrogen-bond donors (Lipinski definition) is 3. The standard InChI is InChI=1S/C5H9NO3.H3N/c1-3(5(8)9)6-4(2)7;/h3H,1-2H3,(H,6,7)(H,8,9);1H3. The maximum absolute atomic E-state index is 10.2. The second-order valence-corrected chi connectivity index (χ2v) is 1.76. The molecule has 0 aromatic heterocycles. The van der Waals surface area contributed by atoms with E-state index in [2.05, 4.69) is 5.32 Å². The summed E-state index contributed by atoms with van der Waals surface area (Å²) in [5.74, 6) is -1.35. The fraction of sp³-hybridized carbons (Fsp3) is 0.600. The maximum Gasteiger partial charge on any atom is 0.325 e. The van der Waals surface area contributed by atoms with Crippen LogP contribution in [0.5, 0.6) is 0 Å². The third kappa shape index (κ3) is 5.04. The highest BCUT2D eigenvalue weighted by atomic mass is 16.4. The summed E-state index contributed by atoms with van der Waals surface area (Å²) in [5.41, 5.74) is 0. The lowest BCUT2D eigenvalue weighted by molar-refractivity contribution is -0.140. The number of amides is 1. The van der Waals surface area contributed by atoms with Crippen molar-refractivity contribution in [2.75, 3.05) is 0 Å². The van der Waals surface area contributed by atoms with Gasteiger partial charge in [-0.15, -0.1) is 0 Å². The van der Waals surface area contributed by atoms with Crippen LogP contribution in [0.1, 0.15) is 13.8 Å². The van der Waals surface area contributed by atoms with Crippen molar-refractivity contribution in [3.8, 4) is 0 Å². The first-order valence-electron chi connectivity index (χ1n) is 2.54. The van der Waals surface area contributed by atoms with Crippen LogP contribution in [0.4, 0.5) is 0 Å². The number of carbonyl (C=O) groups excluding carboxylic acids is 1. The van der Waals surface area contributed by atoms with Crippen LogP contribution in [0, 0.1) is 0 Å². The zero-order valence-electron chi connectivity index (χ0n) is 6.05. The van der Waals surface area contributed by atoms with Gasteiger partial charge in [-0.05, 0) is 6.92 Å².